The van der Waals surface area contributed by atoms with E-state index in [-0.39, 0.29) is 0 Å². The van der Waals surface area contributed by atoms with E-state index in [9.17, 15) is 0 Å². The highest BCUT2D eigenvalue weighted by atomic mass is 15.1. The molecule has 0 atom stereocenters. The molecule has 1 spiro atoms. The summed E-state index contributed by atoms with van der Waals surface area (Å²) in [6.45, 7) is 0. The SMILES string of the molecule is c1ccc(-c2cccc3cccc(-c4cccc(N(c5ccc(-n6c7ccccc7c7ccccc76)cc5)c5ccc6c(c5)-c5ccccc5C65c6ccccc6-c6ccccc65)c4)c23)cc1. The molecule has 0 bridgehead atoms. The molecule has 0 radical (unpaired) electrons. The second kappa shape index (κ2) is 14.7. The van der Waals surface area contributed by atoms with Crippen molar-refractivity contribution in [1.29, 1.82) is 0 Å². The molecule has 0 amide bonds. The van der Waals surface area contributed by atoms with Gasteiger partial charge in [-0.05, 0) is 138 Å². The molecule has 0 saturated heterocycles. The fourth-order valence-corrected chi connectivity index (χ4v) is 11.9. The second-order valence-electron chi connectivity index (χ2n) is 18.0. The highest BCUT2D eigenvalue weighted by Gasteiger charge is 2.51. The first-order valence-electron chi connectivity index (χ1n) is 23.3. The normalized spacial score (nSPS) is 12.9. The van der Waals surface area contributed by atoms with Crippen LogP contribution in [0.15, 0.2) is 255 Å². The Morgan fingerprint density at radius 3 is 1.40 bits per heavy atom. The molecule has 0 saturated carbocycles. The molecular weight excluding hydrogens is 809 g/mol. The molecule has 11 aromatic carbocycles. The maximum Gasteiger partial charge on any atom is 0.0725 e. The van der Waals surface area contributed by atoms with Crippen LogP contribution in [0.1, 0.15) is 22.3 Å². The zero-order valence-corrected chi connectivity index (χ0v) is 36.6. The van der Waals surface area contributed by atoms with Gasteiger partial charge < -0.3 is 9.47 Å². The standard InChI is InChI=1S/C65H42N2/c1-2-17-43(18-3-1)50-28-15-19-44-20-16-29-51(64(44)50)45-21-14-22-48(41-45)66(46-35-37-47(38-36-46)67-62-33-12-7-26-55(62)56-27-8-13-34-63(56)67)49-39-40-61-57(42-49)54-25-6-11-32-60(54)65(61)58-30-9-4-23-52(58)53-24-5-10-31-59(53)65/h1-42H. The molecule has 0 aliphatic heterocycles. The van der Waals surface area contributed by atoms with E-state index >= 15 is 0 Å². The van der Waals surface area contributed by atoms with Gasteiger partial charge in [-0.25, -0.2) is 0 Å². The average molecular weight is 851 g/mol. The van der Waals surface area contributed by atoms with Crippen molar-refractivity contribution in [2.75, 3.05) is 4.90 Å². The van der Waals surface area contributed by atoms with Crippen molar-refractivity contribution in [3.05, 3.63) is 277 Å². The van der Waals surface area contributed by atoms with E-state index in [1.54, 1.807) is 0 Å². The summed E-state index contributed by atoms with van der Waals surface area (Å²) < 4.78 is 2.40. The van der Waals surface area contributed by atoms with Gasteiger partial charge >= 0.3 is 0 Å². The van der Waals surface area contributed by atoms with E-state index in [0.29, 0.717) is 0 Å². The first kappa shape index (κ1) is 37.6. The topological polar surface area (TPSA) is 8.17 Å². The average Bonchev–Trinajstić information content (AvgIpc) is 4.01. The van der Waals surface area contributed by atoms with Gasteiger partial charge in [-0.2, -0.15) is 0 Å². The fourth-order valence-electron chi connectivity index (χ4n) is 11.9. The summed E-state index contributed by atoms with van der Waals surface area (Å²) in [6, 6.07) is 94.3. The summed E-state index contributed by atoms with van der Waals surface area (Å²) in [4.78, 5) is 2.45. The van der Waals surface area contributed by atoms with Crippen molar-refractivity contribution in [3.8, 4) is 50.2 Å². The van der Waals surface area contributed by atoms with Crippen LogP contribution in [0.5, 0.6) is 0 Å². The van der Waals surface area contributed by atoms with E-state index < -0.39 is 5.41 Å². The number of fused-ring (bicyclic) bond motifs is 14. The van der Waals surface area contributed by atoms with Gasteiger partial charge in [-0.15, -0.1) is 0 Å². The third-order valence-corrected chi connectivity index (χ3v) is 14.6. The maximum atomic E-state index is 2.45. The monoisotopic (exact) mass is 850 g/mol. The number of nitrogens with zero attached hydrogens (tertiary/aromatic N) is 2. The minimum absolute atomic E-state index is 0.406. The first-order valence-corrected chi connectivity index (χ1v) is 23.3. The Balaban J connectivity index is 0.979. The Kier molecular flexibility index (Phi) is 8.23. The largest absolute Gasteiger partial charge is 0.310 e. The molecule has 2 heteroatoms. The van der Waals surface area contributed by atoms with Crippen LogP contribution in [-0.4, -0.2) is 4.57 Å². The van der Waals surface area contributed by atoms with Gasteiger partial charge in [0.2, 0.25) is 0 Å². The van der Waals surface area contributed by atoms with Crippen LogP contribution in [0.2, 0.25) is 0 Å². The Labute approximate surface area is 389 Å². The predicted octanol–water partition coefficient (Wildman–Crippen LogP) is 17.1. The second-order valence-corrected chi connectivity index (χ2v) is 18.0. The van der Waals surface area contributed by atoms with E-state index in [1.165, 1.54) is 99.3 Å². The van der Waals surface area contributed by atoms with Gasteiger partial charge in [0.05, 0.1) is 16.4 Å². The number of hydrogen-bond acceptors (Lipinski definition) is 1. The molecule has 1 aromatic heterocycles. The number of anilines is 3. The van der Waals surface area contributed by atoms with Crippen molar-refractivity contribution in [2.45, 2.75) is 5.41 Å². The van der Waals surface area contributed by atoms with Gasteiger partial charge in [-0.1, -0.05) is 194 Å². The Hall–Kier alpha value is -8.72. The van der Waals surface area contributed by atoms with Gasteiger partial charge in [0.25, 0.3) is 0 Å². The summed E-state index contributed by atoms with van der Waals surface area (Å²) >= 11 is 0. The smallest absolute Gasteiger partial charge is 0.0725 e. The molecular formula is C65H42N2. The first-order chi connectivity index (χ1) is 33.3. The van der Waals surface area contributed by atoms with E-state index in [2.05, 4.69) is 264 Å². The van der Waals surface area contributed by atoms with Crippen molar-refractivity contribution >= 4 is 49.6 Å². The molecule has 2 aliphatic rings. The van der Waals surface area contributed by atoms with Crippen LogP contribution in [0.3, 0.4) is 0 Å². The van der Waals surface area contributed by atoms with Crippen LogP contribution in [0, 0.1) is 0 Å². The Bertz CT molecular complexity index is 3830. The van der Waals surface area contributed by atoms with Crippen molar-refractivity contribution in [2.24, 2.45) is 0 Å². The molecule has 0 fully saturated rings. The quantitative estimate of drug-likeness (QED) is 0.162. The van der Waals surface area contributed by atoms with Gasteiger partial charge in [0, 0.05) is 33.5 Å². The highest BCUT2D eigenvalue weighted by Crippen LogP contribution is 2.63. The zero-order chi connectivity index (χ0) is 44.1. The Morgan fingerprint density at radius 2 is 0.761 bits per heavy atom. The number of aromatic nitrogens is 1. The third kappa shape index (κ3) is 5.45. The molecule has 2 aliphatic carbocycles. The van der Waals surface area contributed by atoms with Crippen molar-refractivity contribution in [1.82, 2.24) is 4.57 Å². The van der Waals surface area contributed by atoms with Crippen LogP contribution in [-0.2, 0) is 5.41 Å². The summed E-state index contributed by atoms with van der Waals surface area (Å²) in [5, 5.41) is 5.00. The lowest BCUT2D eigenvalue weighted by molar-refractivity contribution is 0.794. The molecule has 0 N–H and O–H groups in total. The van der Waals surface area contributed by atoms with Gasteiger partial charge in [-0.3, -0.25) is 0 Å². The van der Waals surface area contributed by atoms with Crippen LogP contribution >= 0.6 is 0 Å². The number of benzene rings is 11. The number of para-hydroxylation sites is 2. The zero-order valence-electron chi connectivity index (χ0n) is 36.6. The van der Waals surface area contributed by atoms with Gasteiger partial charge in [0.1, 0.15) is 0 Å². The van der Waals surface area contributed by atoms with Crippen LogP contribution in [0.25, 0.3) is 82.8 Å². The van der Waals surface area contributed by atoms with Crippen molar-refractivity contribution in [3.63, 3.8) is 0 Å². The molecule has 0 unspecified atom stereocenters. The Morgan fingerprint density at radius 1 is 0.299 bits per heavy atom. The number of hydrogen-bond donors (Lipinski definition) is 0. The fraction of sp³-hybridized carbons (Fsp3) is 0.0154. The predicted molar refractivity (Wildman–Crippen MR) is 280 cm³/mol. The van der Waals surface area contributed by atoms with E-state index in [4.69, 9.17) is 0 Å². The summed E-state index contributed by atoms with van der Waals surface area (Å²) in [5.74, 6) is 0. The van der Waals surface area contributed by atoms with Crippen LogP contribution in [0.4, 0.5) is 17.1 Å². The third-order valence-electron chi connectivity index (χ3n) is 14.6. The lowest BCUT2D eigenvalue weighted by Crippen LogP contribution is -2.25. The molecule has 67 heavy (non-hydrogen) atoms. The van der Waals surface area contributed by atoms with Crippen LogP contribution < -0.4 is 4.90 Å². The molecule has 1 heterocycles. The molecule has 312 valence electrons. The summed E-state index contributed by atoms with van der Waals surface area (Å²) in [6.07, 6.45) is 0. The highest BCUT2D eigenvalue weighted by molar-refractivity contribution is 6.10. The van der Waals surface area contributed by atoms with E-state index in [0.717, 1.165) is 22.7 Å². The van der Waals surface area contributed by atoms with E-state index in [1.807, 2.05) is 0 Å². The lowest BCUT2D eigenvalue weighted by atomic mass is 9.70. The number of rotatable bonds is 6. The molecule has 14 rings (SSSR count). The maximum absolute atomic E-state index is 2.45. The summed E-state index contributed by atoms with van der Waals surface area (Å²) in [7, 11) is 0. The summed E-state index contributed by atoms with van der Waals surface area (Å²) in [5.41, 5.74) is 21.8. The van der Waals surface area contributed by atoms with Gasteiger partial charge in [0.15, 0.2) is 0 Å². The minimum atomic E-state index is -0.406. The lowest BCUT2D eigenvalue weighted by Gasteiger charge is -2.31. The van der Waals surface area contributed by atoms with Crippen molar-refractivity contribution < 1.29 is 0 Å². The molecule has 12 aromatic rings. The minimum Gasteiger partial charge on any atom is -0.310 e. The molecule has 2 nitrogen and oxygen atoms in total.